The van der Waals surface area contributed by atoms with Crippen LogP contribution in [0.25, 0.3) is 0 Å². The Morgan fingerprint density at radius 2 is 2.25 bits per heavy atom. The van der Waals surface area contributed by atoms with E-state index in [0.29, 0.717) is 17.2 Å². The van der Waals surface area contributed by atoms with Gasteiger partial charge in [-0.2, -0.15) is 0 Å². The number of amides is 1. The predicted octanol–water partition coefficient (Wildman–Crippen LogP) is 2.93. The molecule has 0 bridgehead atoms. The van der Waals surface area contributed by atoms with E-state index in [1.165, 1.54) is 25.7 Å². The second kappa shape index (κ2) is 6.16. The molecule has 1 aliphatic carbocycles. The number of carbonyl (C=O) groups excluding carboxylic acids is 1. The van der Waals surface area contributed by atoms with Crippen LogP contribution in [-0.4, -0.2) is 18.6 Å². The highest BCUT2D eigenvalue weighted by molar-refractivity contribution is 5.75. The highest BCUT2D eigenvalue weighted by Gasteiger charge is 2.31. The molecule has 0 aliphatic heterocycles. The van der Waals surface area contributed by atoms with Crippen LogP contribution in [0.2, 0.25) is 0 Å². The lowest BCUT2D eigenvalue weighted by molar-refractivity contribution is -0.119. The highest BCUT2D eigenvalue weighted by Crippen LogP contribution is 2.37. The maximum Gasteiger partial charge on any atom is 0.255 e. The van der Waals surface area contributed by atoms with Gasteiger partial charge in [-0.05, 0) is 30.4 Å². The lowest BCUT2D eigenvalue weighted by Crippen LogP contribution is -2.38. The molecule has 2 rings (SSSR count). The van der Waals surface area contributed by atoms with Gasteiger partial charge < -0.3 is 15.8 Å². The van der Waals surface area contributed by atoms with Crippen molar-refractivity contribution in [3.8, 4) is 5.75 Å². The van der Waals surface area contributed by atoms with Crippen LogP contribution in [-0.2, 0) is 4.79 Å². The molecule has 3 N–H and O–H groups in total. The Labute approximate surface area is 120 Å². The Kier molecular flexibility index (Phi) is 4.53. The monoisotopic (exact) mass is 276 g/mol. The first-order valence-corrected chi connectivity index (χ1v) is 7.25. The number of nitrogens with one attached hydrogen (secondary N) is 1. The number of ether oxygens (including phenoxy) is 1. The van der Waals surface area contributed by atoms with E-state index in [9.17, 15) is 4.79 Å². The van der Waals surface area contributed by atoms with Crippen molar-refractivity contribution < 1.29 is 9.53 Å². The fourth-order valence-electron chi connectivity index (χ4n) is 2.79. The lowest BCUT2D eigenvalue weighted by Gasteiger charge is -2.39. The van der Waals surface area contributed by atoms with E-state index in [1.807, 2.05) is 24.3 Å². The van der Waals surface area contributed by atoms with Gasteiger partial charge in [0.05, 0.1) is 0 Å². The van der Waals surface area contributed by atoms with Gasteiger partial charge in [-0.25, -0.2) is 0 Å². The summed E-state index contributed by atoms with van der Waals surface area (Å²) in [4.78, 5) is 10.7. The van der Waals surface area contributed by atoms with Gasteiger partial charge in [0, 0.05) is 17.8 Å². The molecule has 1 unspecified atom stereocenters. The van der Waals surface area contributed by atoms with Gasteiger partial charge in [-0.3, -0.25) is 4.79 Å². The molecule has 20 heavy (non-hydrogen) atoms. The Hall–Kier alpha value is -1.71. The molecule has 1 atom stereocenters. The summed E-state index contributed by atoms with van der Waals surface area (Å²) in [5.74, 6) is 0.208. The van der Waals surface area contributed by atoms with Crippen LogP contribution < -0.4 is 15.8 Å². The Morgan fingerprint density at radius 3 is 2.95 bits per heavy atom. The first-order chi connectivity index (χ1) is 9.47. The molecule has 4 nitrogen and oxygen atoms in total. The van der Waals surface area contributed by atoms with Crippen molar-refractivity contribution in [3.05, 3.63) is 24.3 Å². The topological polar surface area (TPSA) is 64.3 Å². The van der Waals surface area contributed by atoms with E-state index in [-0.39, 0.29) is 6.61 Å². The second-order valence-electron chi connectivity index (χ2n) is 6.21. The van der Waals surface area contributed by atoms with E-state index in [1.54, 1.807) is 0 Å². The van der Waals surface area contributed by atoms with Crippen LogP contribution in [0.15, 0.2) is 24.3 Å². The van der Waals surface area contributed by atoms with Gasteiger partial charge >= 0.3 is 0 Å². The summed E-state index contributed by atoms with van der Waals surface area (Å²) in [5.41, 5.74) is 6.43. The van der Waals surface area contributed by atoms with Gasteiger partial charge in [0.2, 0.25) is 0 Å². The third-order valence-corrected chi connectivity index (χ3v) is 4.06. The third-order valence-electron chi connectivity index (χ3n) is 4.06. The first kappa shape index (κ1) is 14.7. The molecule has 1 fully saturated rings. The van der Waals surface area contributed by atoms with E-state index in [2.05, 4.69) is 19.2 Å². The third kappa shape index (κ3) is 3.89. The van der Waals surface area contributed by atoms with Crippen molar-refractivity contribution >= 4 is 11.6 Å². The first-order valence-electron chi connectivity index (χ1n) is 7.25. The van der Waals surface area contributed by atoms with Gasteiger partial charge in [0.1, 0.15) is 5.75 Å². The van der Waals surface area contributed by atoms with Gasteiger partial charge in [-0.1, -0.05) is 32.8 Å². The summed E-state index contributed by atoms with van der Waals surface area (Å²) >= 11 is 0. The maximum atomic E-state index is 10.7. The molecule has 110 valence electrons. The van der Waals surface area contributed by atoms with Gasteiger partial charge in [-0.15, -0.1) is 0 Å². The highest BCUT2D eigenvalue weighted by atomic mass is 16.5. The standard InChI is InChI=1S/C16H24N2O2/c1-16(2)9-4-3-8-14(16)18-12-6-5-7-13(10-12)20-11-15(17)19/h5-7,10,14,18H,3-4,8-9,11H2,1-2H3,(H2,17,19). The summed E-state index contributed by atoms with van der Waals surface area (Å²) < 4.78 is 5.33. The van der Waals surface area contributed by atoms with Crippen LogP contribution in [0.3, 0.4) is 0 Å². The fourth-order valence-corrected chi connectivity index (χ4v) is 2.79. The number of carbonyl (C=O) groups is 1. The number of nitrogens with two attached hydrogens (primary N) is 1. The zero-order valence-corrected chi connectivity index (χ0v) is 12.3. The van der Waals surface area contributed by atoms with E-state index in [0.717, 1.165) is 5.69 Å². The number of hydrogen-bond acceptors (Lipinski definition) is 3. The Bertz CT molecular complexity index is 471. The zero-order valence-electron chi connectivity index (χ0n) is 12.3. The van der Waals surface area contributed by atoms with Crippen molar-refractivity contribution in [3.63, 3.8) is 0 Å². The molecule has 4 heteroatoms. The van der Waals surface area contributed by atoms with Gasteiger partial charge in [0.25, 0.3) is 5.91 Å². The molecule has 0 aromatic heterocycles. The van der Waals surface area contributed by atoms with Crippen LogP contribution >= 0.6 is 0 Å². The molecule has 1 aromatic rings. The summed E-state index contributed by atoms with van der Waals surface area (Å²) in [6.45, 7) is 4.55. The summed E-state index contributed by atoms with van der Waals surface area (Å²) in [6.07, 6.45) is 5.04. The molecule has 1 aliphatic rings. The molecular weight excluding hydrogens is 252 g/mol. The van der Waals surface area contributed by atoms with Crippen molar-refractivity contribution in [1.29, 1.82) is 0 Å². The average Bonchev–Trinajstić information content (AvgIpc) is 2.39. The molecule has 1 aromatic carbocycles. The van der Waals surface area contributed by atoms with E-state index in [4.69, 9.17) is 10.5 Å². The molecule has 0 spiro atoms. The second-order valence-corrected chi connectivity index (χ2v) is 6.21. The minimum Gasteiger partial charge on any atom is -0.484 e. The van der Waals surface area contributed by atoms with E-state index >= 15 is 0 Å². The number of rotatable bonds is 5. The van der Waals surface area contributed by atoms with Crippen molar-refractivity contribution in [1.82, 2.24) is 0 Å². The SMILES string of the molecule is CC1(C)CCCCC1Nc1cccc(OCC(N)=O)c1. The summed E-state index contributed by atoms with van der Waals surface area (Å²) in [6, 6.07) is 8.19. The fraction of sp³-hybridized carbons (Fsp3) is 0.562. The molecule has 0 radical (unpaired) electrons. The van der Waals surface area contributed by atoms with Crippen molar-refractivity contribution in [2.24, 2.45) is 11.1 Å². The summed E-state index contributed by atoms with van der Waals surface area (Å²) in [7, 11) is 0. The van der Waals surface area contributed by atoms with Crippen LogP contribution in [0.1, 0.15) is 39.5 Å². The van der Waals surface area contributed by atoms with Crippen molar-refractivity contribution in [2.75, 3.05) is 11.9 Å². The van der Waals surface area contributed by atoms with E-state index < -0.39 is 5.91 Å². The minimum atomic E-state index is -0.461. The molecule has 1 saturated carbocycles. The zero-order chi connectivity index (χ0) is 14.6. The largest absolute Gasteiger partial charge is 0.484 e. The van der Waals surface area contributed by atoms with Crippen LogP contribution in [0, 0.1) is 5.41 Å². The molecule has 1 amide bonds. The predicted molar refractivity (Wildman–Crippen MR) is 80.8 cm³/mol. The minimum absolute atomic E-state index is 0.0849. The molecular formula is C16H24N2O2. The number of benzene rings is 1. The van der Waals surface area contributed by atoms with Crippen LogP contribution in [0.5, 0.6) is 5.75 Å². The quantitative estimate of drug-likeness (QED) is 0.869. The number of primary amides is 1. The number of anilines is 1. The molecule has 0 heterocycles. The molecule has 0 saturated heterocycles. The average molecular weight is 276 g/mol. The Morgan fingerprint density at radius 1 is 1.45 bits per heavy atom. The van der Waals surface area contributed by atoms with Crippen molar-refractivity contribution in [2.45, 2.75) is 45.6 Å². The van der Waals surface area contributed by atoms with Crippen LogP contribution in [0.4, 0.5) is 5.69 Å². The normalized spacial score (nSPS) is 21.2. The number of hydrogen-bond donors (Lipinski definition) is 2. The smallest absolute Gasteiger partial charge is 0.255 e. The maximum absolute atomic E-state index is 10.7. The summed E-state index contributed by atoms with van der Waals surface area (Å²) in [5, 5.41) is 3.60. The lowest BCUT2D eigenvalue weighted by atomic mass is 9.73. The van der Waals surface area contributed by atoms with Gasteiger partial charge in [0.15, 0.2) is 6.61 Å². The Balaban J connectivity index is 2.01.